The van der Waals surface area contributed by atoms with Crippen LogP contribution in [0.1, 0.15) is 27.2 Å². The highest BCUT2D eigenvalue weighted by Gasteiger charge is 2.11. The minimum absolute atomic E-state index is 0.283. The van der Waals surface area contributed by atoms with E-state index in [2.05, 4.69) is 39.7 Å². The minimum Gasteiger partial charge on any atom is -0.366 e. The van der Waals surface area contributed by atoms with Crippen LogP contribution in [0, 0.1) is 13.8 Å². The monoisotopic (exact) mass is 366 g/mol. The largest absolute Gasteiger partial charge is 0.366 e. The number of halogens is 1. The molecule has 1 amide bonds. The van der Waals surface area contributed by atoms with Crippen molar-refractivity contribution in [2.45, 2.75) is 20.4 Å². The molecular weight excluding hydrogens is 348 g/mol. The van der Waals surface area contributed by atoms with Gasteiger partial charge in [-0.1, -0.05) is 47.5 Å². The number of nitrogens with zero attached hydrogens (tertiary/aromatic N) is 2. The second kappa shape index (κ2) is 7.97. The van der Waals surface area contributed by atoms with Crippen LogP contribution in [0.15, 0.2) is 54.9 Å². The van der Waals surface area contributed by atoms with Crippen molar-refractivity contribution in [2.24, 2.45) is 0 Å². The van der Waals surface area contributed by atoms with Crippen LogP contribution in [0.25, 0.3) is 0 Å². The molecule has 3 rings (SSSR count). The van der Waals surface area contributed by atoms with E-state index in [1.807, 2.05) is 25.1 Å². The van der Waals surface area contributed by atoms with Gasteiger partial charge < -0.3 is 10.6 Å². The zero-order valence-electron chi connectivity index (χ0n) is 14.6. The second-order valence-corrected chi connectivity index (χ2v) is 6.48. The van der Waals surface area contributed by atoms with Crippen molar-refractivity contribution in [3.63, 3.8) is 0 Å². The van der Waals surface area contributed by atoms with Crippen LogP contribution in [0.2, 0.25) is 5.02 Å². The van der Waals surface area contributed by atoms with Gasteiger partial charge in [-0.15, -0.1) is 0 Å². The van der Waals surface area contributed by atoms with E-state index in [1.165, 1.54) is 11.9 Å². The van der Waals surface area contributed by atoms with Crippen molar-refractivity contribution in [1.82, 2.24) is 9.97 Å². The molecule has 0 aliphatic heterocycles. The molecule has 132 valence electrons. The van der Waals surface area contributed by atoms with Crippen LogP contribution in [0.4, 0.5) is 11.5 Å². The summed E-state index contributed by atoms with van der Waals surface area (Å²) in [6.07, 6.45) is 1.37. The Balaban J connectivity index is 1.70. The third kappa shape index (κ3) is 4.58. The molecular formula is C20H19ClN4O. The van der Waals surface area contributed by atoms with Crippen molar-refractivity contribution in [3.8, 4) is 0 Å². The number of aromatic nitrogens is 2. The maximum absolute atomic E-state index is 12.5. The highest BCUT2D eigenvalue weighted by molar-refractivity contribution is 6.31. The van der Waals surface area contributed by atoms with Gasteiger partial charge >= 0.3 is 0 Å². The van der Waals surface area contributed by atoms with Crippen molar-refractivity contribution in [3.05, 3.63) is 82.3 Å². The summed E-state index contributed by atoms with van der Waals surface area (Å²) in [6.45, 7) is 4.57. The first-order valence-electron chi connectivity index (χ1n) is 8.20. The lowest BCUT2D eigenvalue weighted by molar-refractivity contribution is 0.102. The molecule has 0 aliphatic carbocycles. The lowest BCUT2D eigenvalue weighted by Gasteiger charge is -2.10. The highest BCUT2D eigenvalue weighted by Crippen LogP contribution is 2.21. The number of anilines is 2. The van der Waals surface area contributed by atoms with E-state index in [9.17, 15) is 4.79 Å². The summed E-state index contributed by atoms with van der Waals surface area (Å²) in [5.74, 6) is 0.283. The molecule has 26 heavy (non-hydrogen) atoms. The molecule has 1 heterocycles. The number of rotatable bonds is 5. The van der Waals surface area contributed by atoms with Crippen LogP contribution in [0.3, 0.4) is 0 Å². The van der Waals surface area contributed by atoms with Crippen molar-refractivity contribution < 1.29 is 4.79 Å². The SMILES string of the molecule is Cc1cccc(CNc2cc(C(=O)Nc3cc(Cl)ccc3C)ncn2)c1. The first-order valence-corrected chi connectivity index (χ1v) is 8.58. The summed E-state index contributed by atoms with van der Waals surface area (Å²) >= 11 is 6.00. The number of amides is 1. The van der Waals surface area contributed by atoms with Gasteiger partial charge in [0.25, 0.3) is 5.91 Å². The fourth-order valence-electron chi connectivity index (χ4n) is 2.51. The van der Waals surface area contributed by atoms with Gasteiger partial charge in [0.05, 0.1) is 0 Å². The topological polar surface area (TPSA) is 66.9 Å². The van der Waals surface area contributed by atoms with Crippen molar-refractivity contribution in [2.75, 3.05) is 10.6 Å². The van der Waals surface area contributed by atoms with Gasteiger partial charge in [0, 0.05) is 23.3 Å². The van der Waals surface area contributed by atoms with Crippen LogP contribution >= 0.6 is 11.6 Å². The van der Waals surface area contributed by atoms with E-state index >= 15 is 0 Å². The van der Waals surface area contributed by atoms with Crippen LogP contribution in [0.5, 0.6) is 0 Å². The van der Waals surface area contributed by atoms with Crippen molar-refractivity contribution >= 4 is 29.0 Å². The Bertz CT molecular complexity index is 943. The molecule has 0 saturated carbocycles. The highest BCUT2D eigenvalue weighted by atomic mass is 35.5. The third-order valence-corrected chi connectivity index (χ3v) is 4.14. The Kier molecular flexibility index (Phi) is 5.49. The smallest absolute Gasteiger partial charge is 0.274 e. The number of hydrogen-bond acceptors (Lipinski definition) is 4. The first kappa shape index (κ1) is 17.9. The number of aryl methyl sites for hydroxylation is 2. The van der Waals surface area contributed by atoms with Crippen LogP contribution in [-0.2, 0) is 6.54 Å². The van der Waals surface area contributed by atoms with Crippen LogP contribution < -0.4 is 10.6 Å². The number of carbonyl (C=O) groups is 1. The molecule has 0 aliphatic rings. The first-order chi connectivity index (χ1) is 12.5. The van der Waals surface area contributed by atoms with Crippen molar-refractivity contribution in [1.29, 1.82) is 0 Å². The predicted octanol–water partition coefficient (Wildman–Crippen LogP) is 4.61. The van der Waals surface area contributed by atoms with E-state index in [4.69, 9.17) is 11.6 Å². The van der Waals surface area contributed by atoms with Gasteiger partial charge in [-0.25, -0.2) is 9.97 Å². The molecule has 6 heteroatoms. The molecule has 0 spiro atoms. The Hall–Kier alpha value is -2.92. The maximum atomic E-state index is 12.5. The second-order valence-electron chi connectivity index (χ2n) is 6.04. The molecule has 2 aromatic carbocycles. The molecule has 1 aromatic heterocycles. The zero-order valence-corrected chi connectivity index (χ0v) is 15.3. The van der Waals surface area contributed by atoms with Gasteiger partial charge in [0.15, 0.2) is 0 Å². The molecule has 0 saturated heterocycles. The summed E-state index contributed by atoms with van der Waals surface area (Å²) in [5.41, 5.74) is 4.21. The molecule has 0 unspecified atom stereocenters. The molecule has 0 radical (unpaired) electrons. The summed E-state index contributed by atoms with van der Waals surface area (Å²) in [6, 6.07) is 15.2. The number of nitrogens with one attached hydrogen (secondary N) is 2. The summed E-state index contributed by atoms with van der Waals surface area (Å²) in [4.78, 5) is 20.7. The standard InChI is InChI=1S/C20H19ClN4O/c1-13-4-3-5-15(8-13)11-22-19-10-18(23-12-24-19)20(26)25-17-9-16(21)7-6-14(17)2/h3-10,12H,11H2,1-2H3,(H,25,26)(H,22,23,24). The number of benzene rings is 2. The predicted molar refractivity (Wildman–Crippen MR) is 105 cm³/mol. The quantitative estimate of drug-likeness (QED) is 0.691. The summed E-state index contributed by atoms with van der Waals surface area (Å²) < 4.78 is 0. The van der Waals surface area contributed by atoms with E-state index in [-0.39, 0.29) is 11.6 Å². The van der Waals surface area contributed by atoms with E-state index in [1.54, 1.807) is 18.2 Å². The average molecular weight is 367 g/mol. The number of hydrogen-bond donors (Lipinski definition) is 2. The Morgan fingerprint density at radius 2 is 1.92 bits per heavy atom. The maximum Gasteiger partial charge on any atom is 0.274 e. The number of carbonyl (C=O) groups excluding carboxylic acids is 1. The summed E-state index contributed by atoms with van der Waals surface area (Å²) in [5, 5.41) is 6.61. The average Bonchev–Trinajstić information content (AvgIpc) is 2.63. The van der Waals surface area contributed by atoms with E-state index in [0.717, 1.165) is 11.1 Å². The molecule has 2 N–H and O–H groups in total. The fourth-order valence-corrected chi connectivity index (χ4v) is 2.68. The lowest BCUT2D eigenvalue weighted by atomic mass is 10.1. The fraction of sp³-hybridized carbons (Fsp3) is 0.150. The molecule has 0 fully saturated rings. The molecule has 0 bridgehead atoms. The Morgan fingerprint density at radius 1 is 1.08 bits per heavy atom. The lowest BCUT2D eigenvalue weighted by Crippen LogP contribution is -2.15. The third-order valence-electron chi connectivity index (χ3n) is 3.90. The zero-order chi connectivity index (χ0) is 18.5. The molecule has 5 nitrogen and oxygen atoms in total. The van der Waals surface area contributed by atoms with Gasteiger partial charge in [0.2, 0.25) is 0 Å². The van der Waals surface area contributed by atoms with Gasteiger partial charge in [0.1, 0.15) is 17.8 Å². The van der Waals surface area contributed by atoms with Gasteiger partial charge in [-0.2, -0.15) is 0 Å². The molecule has 0 atom stereocenters. The Labute approximate surface area is 157 Å². The van der Waals surface area contributed by atoms with Crippen LogP contribution in [-0.4, -0.2) is 15.9 Å². The Morgan fingerprint density at radius 3 is 2.73 bits per heavy atom. The molecule has 3 aromatic rings. The van der Waals surface area contributed by atoms with Gasteiger partial charge in [-0.3, -0.25) is 4.79 Å². The summed E-state index contributed by atoms with van der Waals surface area (Å²) in [7, 11) is 0. The van der Waals surface area contributed by atoms with E-state index < -0.39 is 0 Å². The normalized spacial score (nSPS) is 10.4. The minimum atomic E-state index is -0.309. The van der Waals surface area contributed by atoms with E-state index in [0.29, 0.717) is 23.1 Å². The van der Waals surface area contributed by atoms with Gasteiger partial charge in [-0.05, 0) is 37.1 Å².